The number of rotatable bonds is 5. The standard InChI is InChI=1S/C12H20N2O4S/c1-3-13-8-11-4-5-12(18-11)19(15,16)14-6-7-17-10(2)9-14/h4-5,10,13H,3,6-9H2,1-2H3. The van der Waals surface area contributed by atoms with Crippen molar-refractivity contribution >= 4 is 10.0 Å². The molecule has 0 bridgehead atoms. The number of nitrogens with one attached hydrogen (secondary N) is 1. The Balaban J connectivity index is 2.12. The number of sulfonamides is 1. The van der Waals surface area contributed by atoms with Gasteiger partial charge in [0.2, 0.25) is 5.09 Å². The van der Waals surface area contributed by atoms with Crippen LogP contribution in [0.4, 0.5) is 0 Å². The summed E-state index contributed by atoms with van der Waals surface area (Å²) in [6.45, 7) is 6.35. The number of ether oxygens (including phenoxy) is 1. The second-order valence-corrected chi connectivity index (χ2v) is 6.41. The lowest BCUT2D eigenvalue weighted by Gasteiger charge is -2.29. The summed E-state index contributed by atoms with van der Waals surface area (Å²) in [5, 5.41) is 3.10. The highest BCUT2D eigenvalue weighted by Crippen LogP contribution is 2.21. The van der Waals surface area contributed by atoms with Crippen molar-refractivity contribution in [3.63, 3.8) is 0 Å². The van der Waals surface area contributed by atoms with E-state index in [1.807, 2.05) is 13.8 Å². The second-order valence-electron chi connectivity index (χ2n) is 4.55. The molecule has 1 saturated heterocycles. The first kappa shape index (κ1) is 14.5. The fourth-order valence-corrected chi connectivity index (χ4v) is 3.40. The van der Waals surface area contributed by atoms with E-state index in [1.54, 1.807) is 6.07 Å². The van der Waals surface area contributed by atoms with E-state index in [4.69, 9.17) is 9.15 Å². The van der Waals surface area contributed by atoms with E-state index in [9.17, 15) is 8.42 Å². The molecule has 1 unspecified atom stereocenters. The Morgan fingerprint density at radius 1 is 1.47 bits per heavy atom. The molecule has 2 heterocycles. The van der Waals surface area contributed by atoms with Crippen LogP contribution in [0.25, 0.3) is 0 Å². The summed E-state index contributed by atoms with van der Waals surface area (Å²) in [5.74, 6) is 0.627. The van der Waals surface area contributed by atoms with Crippen molar-refractivity contribution in [1.82, 2.24) is 9.62 Å². The molecule has 0 spiro atoms. The van der Waals surface area contributed by atoms with Gasteiger partial charge >= 0.3 is 0 Å². The molecule has 1 atom stereocenters. The van der Waals surface area contributed by atoms with Crippen LogP contribution in [0.1, 0.15) is 19.6 Å². The van der Waals surface area contributed by atoms with Crippen molar-refractivity contribution in [2.45, 2.75) is 31.6 Å². The van der Waals surface area contributed by atoms with Crippen LogP contribution in [0.15, 0.2) is 21.6 Å². The molecule has 0 amide bonds. The SMILES string of the molecule is CCNCc1ccc(S(=O)(=O)N2CCOC(C)C2)o1. The molecule has 108 valence electrons. The molecule has 1 aliphatic heterocycles. The lowest BCUT2D eigenvalue weighted by atomic mass is 10.3. The summed E-state index contributed by atoms with van der Waals surface area (Å²) in [7, 11) is -3.54. The molecule has 1 aromatic rings. The van der Waals surface area contributed by atoms with Crippen LogP contribution in [0.2, 0.25) is 0 Å². The van der Waals surface area contributed by atoms with Crippen LogP contribution in [-0.4, -0.2) is 45.1 Å². The lowest BCUT2D eigenvalue weighted by Crippen LogP contribution is -2.44. The monoisotopic (exact) mass is 288 g/mol. The Kier molecular flexibility index (Phi) is 4.62. The smallest absolute Gasteiger partial charge is 0.276 e. The maximum absolute atomic E-state index is 12.4. The fraction of sp³-hybridized carbons (Fsp3) is 0.667. The predicted molar refractivity (Wildman–Crippen MR) is 70.3 cm³/mol. The molecule has 1 fully saturated rings. The van der Waals surface area contributed by atoms with Gasteiger partial charge in [-0.2, -0.15) is 4.31 Å². The molecule has 0 saturated carbocycles. The topological polar surface area (TPSA) is 71.8 Å². The van der Waals surface area contributed by atoms with Crippen LogP contribution in [0.5, 0.6) is 0 Å². The van der Waals surface area contributed by atoms with E-state index in [0.29, 0.717) is 32.0 Å². The Morgan fingerprint density at radius 3 is 2.95 bits per heavy atom. The molecule has 7 heteroatoms. The first-order valence-corrected chi connectivity index (χ1v) is 7.89. The molecule has 0 aliphatic carbocycles. The minimum atomic E-state index is -3.54. The van der Waals surface area contributed by atoms with Gasteiger partial charge in [0.25, 0.3) is 10.0 Å². The van der Waals surface area contributed by atoms with Crippen molar-refractivity contribution in [2.75, 3.05) is 26.2 Å². The quantitative estimate of drug-likeness (QED) is 0.867. The van der Waals surface area contributed by atoms with Gasteiger partial charge in [0.1, 0.15) is 5.76 Å². The molecular formula is C12H20N2O4S. The zero-order valence-electron chi connectivity index (χ0n) is 11.3. The van der Waals surface area contributed by atoms with Gasteiger partial charge in [-0.1, -0.05) is 6.92 Å². The summed E-state index contributed by atoms with van der Waals surface area (Å²) in [4.78, 5) is 0. The summed E-state index contributed by atoms with van der Waals surface area (Å²) >= 11 is 0. The van der Waals surface area contributed by atoms with E-state index in [0.717, 1.165) is 6.54 Å². The second kappa shape index (κ2) is 6.04. The minimum Gasteiger partial charge on any atom is -0.447 e. The lowest BCUT2D eigenvalue weighted by molar-refractivity contribution is 0.00975. The van der Waals surface area contributed by atoms with E-state index in [2.05, 4.69) is 5.32 Å². The van der Waals surface area contributed by atoms with E-state index in [-0.39, 0.29) is 11.2 Å². The number of morpholine rings is 1. The van der Waals surface area contributed by atoms with Crippen molar-refractivity contribution in [1.29, 1.82) is 0 Å². The first-order valence-electron chi connectivity index (χ1n) is 6.45. The molecule has 19 heavy (non-hydrogen) atoms. The van der Waals surface area contributed by atoms with Crippen LogP contribution < -0.4 is 5.32 Å². The summed E-state index contributed by atoms with van der Waals surface area (Å²) in [6, 6.07) is 3.21. The Hall–Kier alpha value is -0.890. The molecular weight excluding hydrogens is 268 g/mol. The highest BCUT2D eigenvalue weighted by atomic mass is 32.2. The predicted octanol–water partition coefficient (Wildman–Crippen LogP) is 0.798. The zero-order valence-corrected chi connectivity index (χ0v) is 12.1. The van der Waals surface area contributed by atoms with Gasteiger partial charge in [-0.05, 0) is 25.6 Å². The van der Waals surface area contributed by atoms with E-state index >= 15 is 0 Å². The highest BCUT2D eigenvalue weighted by Gasteiger charge is 2.31. The summed E-state index contributed by atoms with van der Waals surface area (Å²) in [5.41, 5.74) is 0. The summed E-state index contributed by atoms with van der Waals surface area (Å²) < 4.78 is 36.9. The largest absolute Gasteiger partial charge is 0.447 e. The van der Waals surface area contributed by atoms with Crippen LogP contribution in [0.3, 0.4) is 0 Å². The van der Waals surface area contributed by atoms with Gasteiger partial charge in [0.05, 0.1) is 19.3 Å². The average molecular weight is 288 g/mol. The molecule has 1 N–H and O–H groups in total. The third kappa shape index (κ3) is 3.36. The van der Waals surface area contributed by atoms with Gasteiger partial charge in [-0.3, -0.25) is 0 Å². The highest BCUT2D eigenvalue weighted by molar-refractivity contribution is 7.89. The number of hydrogen-bond donors (Lipinski definition) is 1. The average Bonchev–Trinajstić information content (AvgIpc) is 2.86. The van der Waals surface area contributed by atoms with Gasteiger partial charge in [0, 0.05) is 13.1 Å². The van der Waals surface area contributed by atoms with Crippen molar-refractivity contribution in [2.24, 2.45) is 0 Å². The van der Waals surface area contributed by atoms with Crippen molar-refractivity contribution < 1.29 is 17.6 Å². The summed E-state index contributed by atoms with van der Waals surface area (Å²) in [6.07, 6.45) is -0.0836. The molecule has 1 aromatic heterocycles. The molecule has 0 aromatic carbocycles. The minimum absolute atomic E-state index is 0.00880. The zero-order chi connectivity index (χ0) is 13.9. The Labute approximate surface area is 113 Å². The third-order valence-corrected chi connectivity index (χ3v) is 4.72. The maximum Gasteiger partial charge on any atom is 0.276 e. The Morgan fingerprint density at radius 2 is 2.26 bits per heavy atom. The normalized spacial score (nSPS) is 21.7. The van der Waals surface area contributed by atoms with Crippen LogP contribution in [-0.2, 0) is 21.3 Å². The number of hydrogen-bond acceptors (Lipinski definition) is 5. The van der Waals surface area contributed by atoms with Crippen molar-refractivity contribution in [3.05, 3.63) is 17.9 Å². The van der Waals surface area contributed by atoms with E-state index < -0.39 is 10.0 Å². The molecule has 2 rings (SSSR count). The van der Waals surface area contributed by atoms with E-state index in [1.165, 1.54) is 10.4 Å². The van der Waals surface area contributed by atoms with Crippen molar-refractivity contribution in [3.8, 4) is 0 Å². The molecule has 0 radical (unpaired) electrons. The van der Waals surface area contributed by atoms with Gasteiger partial charge < -0.3 is 14.5 Å². The van der Waals surface area contributed by atoms with Crippen LogP contribution >= 0.6 is 0 Å². The maximum atomic E-state index is 12.4. The number of nitrogens with zero attached hydrogens (tertiary/aromatic N) is 1. The van der Waals surface area contributed by atoms with Gasteiger partial charge in [-0.15, -0.1) is 0 Å². The van der Waals surface area contributed by atoms with Gasteiger partial charge in [0.15, 0.2) is 0 Å². The van der Waals surface area contributed by atoms with Gasteiger partial charge in [-0.25, -0.2) is 8.42 Å². The molecule has 1 aliphatic rings. The first-order chi connectivity index (χ1) is 9.04. The fourth-order valence-electron chi connectivity index (χ4n) is 1.97. The Bertz CT molecular complexity index is 512. The number of furan rings is 1. The van der Waals surface area contributed by atoms with Crippen LogP contribution in [0, 0.1) is 0 Å². The third-order valence-electron chi connectivity index (χ3n) is 2.98. The molecule has 6 nitrogen and oxygen atoms in total.